The van der Waals surface area contributed by atoms with Crippen LogP contribution in [0.1, 0.15) is 24.1 Å². The molecule has 0 radical (unpaired) electrons. The van der Waals surface area contributed by atoms with E-state index < -0.39 is 6.09 Å². The van der Waals surface area contributed by atoms with Crippen LogP contribution >= 0.6 is 0 Å². The van der Waals surface area contributed by atoms with Crippen LogP contribution in [-0.4, -0.2) is 41.8 Å². The molecule has 0 aromatic heterocycles. The first-order chi connectivity index (χ1) is 9.69. The Bertz CT molecular complexity index is 573. The van der Waals surface area contributed by atoms with Crippen LogP contribution in [0.25, 0.3) is 0 Å². The maximum Gasteiger partial charge on any atom is 0.405 e. The number of fused-ring (bicyclic) bond motifs is 1. The minimum Gasteiger partial charge on any atom is -0.491 e. The first-order valence-electron chi connectivity index (χ1n) is 6.40. The molecule has 2 heterocycles. The van der Waals surface area contributed by atoms with Crippen molar-refractivity contribution in [1.29, 1.82) is 0 Å². The number of oxime groups is 1. The van der Waals surface area contributed by atoms with Crippen molar-refractivity contribution in [2.45, 2.75) is 13.0 Å². The molecule has 2 N–H and O–H groups in total. The lowest BCUT2D eigenvalue weighted by Crippen LogP contribution is -2.28. The van der Waals surface area contributed by atoms with Crippen LogP contribution in [0.4, 0.5) is 4.79 Å². The summed E-state index contributed by atoms with van der Waals surface area (Å²) < 4.78 is 5.54. The zero-order chi connectivity index (χ0) is 14.1. The number of carboxylic acid groups (broad SMARTS) is 1. The van der Waals surface area contributed by atoms with E-state index in [0.717, 1.165) is 23.5 Å². The second kappa shape index (κ2) is 4.92. The largest absolute Gasteiger partial charge is 0.491 e. The lowest BCUT2D eigenvalue weighted by Gasteiger charge is -2.15. The summed E-state index contributed by atoms with van der Waals surface area (Å²) in [7, 11) is 0. The van der Waals surface area contributed by atoms with Crippen molar-refractivity contribution in [2.24, 2.45) is 5.16 Å². The lowest BCUT2D eigenvalue weighted by atomic mass is 10.1. The van der Waals surface area contributed by atoms with Gasteiger partial charge in [-0.05, 0) is 13.0 Å². The summed E-state index contributed by atoms with van der Waals surface area (Å²) in [6.45, 7) is 3.60. The average molecular weight is 277 g/mol. The van der Waals surface area contributed by atoms with Crippen molar-refractivity contribution >= 4 is 11.9 Å². The molecule has 1 amide bonds. The zero-order valence-electron chi connectivity index (χ0n) is 11.0. The van der Waals surface area contributed by atoms with Gasteiger partial charge in [-0.15, -0.1) is 0 Å². The van der Waals surface area contributed by atoms with E-state index in [0.29, 0.717) is 19.1 Å². The van der Waals surface area contributed by atoms with Crippen LogP contribution in [0.5, 0.6) is 5.75 Å². The van der Waals surface area contributed by atoms with Gasteiger partial charge in [-0.2, -0.15) is 0 Å². The van der Waals surface area contributed by atoms with E-state index in [9.17, 15) is 4.79 Å². The van der Waals surface area contributed by atoms with Gasteiger partial charge in [0.15, 0.2) is 12.6 Å². The van der Waals surface area contributed by atoms with Gasteiger partial charge in [-0.3, -0.25) is 0 Å². The van der Waals surface area contributed by atoms with Gasteiger partial charge in [-0.25, -0.2) is 4.79 Å². The summed E-state index contributed by atoms with van der Waals surface area (Å²) in [6, 6.07) is 5.32. The lowest BCUT2D eigenvalue weighted by molar-refractivity contribution is 0.112. The normalized spacial score (nSPS) is 19.9. The molecular weight excluding hydrogens is 262 g/mol. The Hall–Kier alpha value is -2.44. The first-order valence-corrected chi connectivity index (χ1v) is 6.40. The minimum atomic E-state index is -1.05. The number of carbonyl (C=O) groups is 1. The van der Waals surface area contributed by atoms with Gasteiger partial charge in [0.25, 0.3) is 0 Å². The predicted molar refractivity (Wildman–Crippen MR) is 70.7 cm³/mol. The molecule has 0 saturated heterocycles. The van der Waals surface area contributed by atoms with Gasteiger partial charge < -0.3 is 24.9 Å². The highest BCUT2D eigenvalue weighted by Crippen LogP contribution is 2.33. The van der Waals surface area contributed by atoms with Gasteiger partial charge in [0.2, 0.25) is 0 Å². The third kappa shape index (κ3) is 2.11. The van der Waals surface area contributed by atoms with E-state index in [2.05, 4.69) is 10.5 Å². The average Bonchev–Trinajstić information content (AvgIpc) is 3.04. The van der Waals surface area contributed by atoms with Crippen LogP contribution < -0.4 is 10.1 Å². The maximum absolute atomic E-state index is 10.7. The zero-order valence-corrected chi connectivity index (χ0v) is 11.0. The molecule has 1 aromatic carbocycles. The van der Waals surface area contributed by atoms with Gasteiger partial charge in [-0.1, -0.05) is 17.3 Å². The van der Waals surface area contributed by atoms with E-state index in [-0.39, 0.29) is 6.04 Å². The molecule has 0 saturated carbocycles. The van der Waals surface area contributed by atoms with Crippen LogP contribution in [0.2, 0.25) is 0 Å². The highest BCUT2D eigenvalue weighted by molar-refractivity contribution is 5.99. The van der Waals surface area contributed by atoms with Crippen LogP contribution in [0, 0.1) is 0 Å². The summed E-state index contributed by atoms with van der Waals surface area (Å²) in [5.74, 6) is 1.46. The monoisotopic (exact) mass is 277 g/mol. The Morgan fingerprint density at radius 3 is 3.20 bits per heavy atom. The summed E-state index contributed by atoms with van der Waals surface area (Å²) in [5.41, 5.74) is 1.75. The molecule has 2 aliphatic rings. The SMILES string of the molecule is CCN1CON=C1c1ccc2c(c1)OC[C@H]2NC(=O)O. The Labute approximate surface area is 115 Å². The highest BCUT2D eigenvalue weighted by atomic mass is 16.7. The molecule has 0 fully saturated rings. The number of amidine groups is 1. The Kier molecular flexibility index (Phi) is 3.09. The number of ether oxygens (including phenoxy) is 1. The van der Waals surface area contributed by atoms with Crippen molar-refractivity contribution < 1.29 is 19.5 Å². The molecule has 0 bridgehead atoms. The quantitative estimate of drug-likeness (QED) is 0.871. The summed E-state index contributed by atoms with van der Waals surface area (Å²) in [4.78, 5) is 17.8. The maximum atomic E-state index is 10.7. The number of benzene rings is 1. The first kappa shape index (κ1) is 12.6. The number of amides is 1. The van der Waals surface area contributed by atoms with E-state index in [4.69, 9.17) is 14.7 Å². The summed E-state index contributed by atoms with van der Waals surface area (Å²) in [6.07, 6.45) is -1.05. The topological polar surface area (TPSA) is 83.4 Å². The predicted octanol–water partition coefficient (Wildman–Crippen LogP) is 1.36. The van der Waals surface area contributed by atoms with Gasteiger partial charge in [0.05, 0.1) is 6.04 Å². The second-order valence-electron chi connectivity index (χ2n) is 4.59. The van der Waals surface area contributed by atoms with Crippen LogP contribution in [0.3, 0.4) is 0 Å². The van der Waals surface area contributed by atoms with E-state index in [1.807, 2.05) is 30.0 Å². The summed E-state index contributed by atoms with van der Waals surface area (Å²) in [5, 5.41) is 15.2. The van der Waals surface area contributed by atoms with Crippen molar-refractivity contribution in [3.05, 3.63) is 29.3 Å². The van der Waals surface area contributed by atoms with Crippen molar-refractivity contribution in [1.82, 2.24) is 10.2 Å². The van der Waals surface area contributed by atoms with Crippen LogP contribution in [0.15, 0.2) is 23.4 Å². The molecule has 0 aliphatic carbocycles. The molecule has 0 unspecified atom stereocenters. The Morgan fingerprint density at radius 1 is 1.60 bits per heavy atom. The number of hydrogen-bond donors (Lipinski definition) is 2. The van der Waals surface area contributed by atoms with Crippen LogP contribution in [-0.2, 0) is 4.84 Å². The van der Waals surface area contributed by atoms with Gasteiger partial charge in [0, 0.05) is 17.7 Å². The molecule has 0 spiro atoms. The fourth-order valence-electron chi connectivity index (χ4n) is 2.37. The minimum absolute atomic E-state index is 0.311. The standard InChI is InChI=1S/C13H15N3O4/c1-2-16-7-20-15-12(16)8-3-4-9-10(14-13(17)18)6-19-11(9)5-8/h3-5,10,14H,2,6-7H2,1H3,(H,17,18)/t10-/m1/s1. The van der Waals surface area contributed by atoms with E-state index in [1.54, 1.807) is 0 Å². The van der Waals surface area contributed by atoms with Crippen molar-refractivity contribution in [3.8, 4) is 5.75 Å². The fraction of sp³-hybridized carbons (Fsp3) is 0.385. The summed E-state index contributed by atoms with van der Waals surface area (Å²) >= 11 is 0. The smallest absolute Gasteiger partial charge is 0.405 e. The molecule has 7 nitrogen and oxygen atoms in total. The number of rotatable bonds is 3. The van der Waals surface area contributed by atoms with Gasteiger partial charge >= 0.3 is 6.09 Å². The Balaban J connectivity index is 1.86. The third-order valence-electron chi connectivity index (χ3n) is 3.40. The third-order valence-corrected chi connectivity index (χ3v) is 3.40. The van der Waals surface area contributed by atoms with Crippen molar-refractivity contribution in [3.63, 3.8) is 0 Å². The molecule has 7 heteroatoms. The Morgan fingerprint density at radius 2 is 2.45 bits per heavy atom. The fourth-order valence-corrected chi connectivity index (χ4v) is 2.37. The van der Waals surface area contributed by atoms with E-state index >= 15 is 0 Å². The number of nitrogens with zero attached hydrogens (tertiary/aromatic N) is 2. The molecule has 1 aromatic rings. The molecular formula is C13H15N3O4. The molecule has 3 rings (SSSR count). The number of nitrogens with one attached hydrogen (secondary N) is 1. The molecule has 20 heavy (non-hydrogen) atoms. The van der Waals surface area contributed by atoms with Crippen molar-refractivity contribution in [2.75, 3.05) is 19.9 Å². The molecule has 2 aliphatic heterocycles. The number of hydrogen-bond acceptors (Lipinski definition) is 5. The highest BCUT2D eigenvalue weighted by Gasteiger charge is 2.27. The van der Waals surface area contributed by atoms with E-state index in [1.165, 1.54) is 0 Å². The second-order valence-corrected chi connectivity index (χ2v) is 4.59. The molecule has 1 atom stereocenters. The molecule has 106 valence electrons. The van der Waals surface area contributed by atoms with Gasteiger partial charge in [0.1, 0.15) is 12.4 Å².